The van der Waals surface area contributed by atoms with Crippen LogP contribution < -0.4 is 9.83 Å². The van der Waals surface area contributed by atoms with E-state index >= 15 is 0 Å². The lowest BCUT2D eigenvalue weighted by Gasteiger charge is -2.20. The second kappa shape index (κ2) is 8.27. The predicted octanol–water partition coefficient (Wildman–Crippen LogP) is 2.36. The zero-order valence-electron chi connectivity index (χ0n) is 14.3. The number of sulfonamides is 1. The monoisotopic (exact) mass is 360 g/mol. The van der Waals surface area contributed by atoms with Gasteiger partial charge in [0.15, 0.2) is 0 Å². The molecule has 0 aliphatic rings. The highest BCUT2D eigenvalue weighted by molar-refractivity contribution is 7.89. The highest BCUT2D eigenvalue weighted by Gasteiger charge is 2.21. The first-order chi connectivity index (χ1) is 11.8. The first-order valence-corrected chi connectivity index (χ1v) is 9.69. The first-order valence-electron chi connectivity index (χ1n) is 8.20. The molecule has 0 aromatic heterocycles. The second-order valence-electron chi connectivity index (χ2n) is 6.04. The van der Waals surface area contributed by atoms with Crippen molar-refractivity contribution in [2.75, 3.05) is 0 Å². The second-order valence-corrected chi connectivity index (χ2v) is 7.75. The van der Waals surface area contributed by atoms with E-state index in [1.54, 1.807) is 54.6 Å². The summed E-state index contributed by atoms with van der Waals surface area (Å²) in [7, 11) is -3.84. The highest BCUT2D eigenvalue weighted by Crippen LogP contribution is 2.23. The van der Waals surface area contributed by atoms with Gasteiger partial charge in [-0.2, -0.15) is 0 Å². The van der Waals surface area contributed by atoms with Crippen LogP contribution in [0.5, 0.6) is 0 Å². The molecule has 0 heterocycles. The van der Waals surface area contributed by atoms with Gasteiger partial charge in [0.05, 0.1) is 10.9 Å². The van der Waals surface area contributed by atoms with Crippen LogP contribution in [0.4, 0.5) is 0 Å². The minimum absolute atomic E-state index is 0.110. The Morgan fingerprint density at radius 1 is 1.04 bits per heavy atom. The molecule has 0 bridgehead atoms. The van der Waals surface area contributed by atoms with Crippen molar-refractivity contribution in [3.05, 3.63) is 65.7 Å². The molecule has 6 heteroatoms. The largest absolute Gasteiger partial charge is 0.550 e. The van der Waals surface area contributed by atoms with Gasteiger partial charge >= 0.3 is 0 Å². The number of carbonyl (C=O) groups is 1. The number of aliphatic carboxylic acids is 1. The average Bonchev–Trinajstić information content (AvgIpc) is 2.61. The van der Waals surface area contributed by atoms with Gasteiger partial charge in [0, 0.05) is 12.4 Å². The van der Waals surface area contributed by atoms with Gasteiger partial charge in [0.25, 0.3) is 0 Å². The van der Waals surface area contributed by atoms with Gasteiger partial charge < -0.3 is 9.90 Å². The van der Waals surface area contributed by atoms with Gasteiger partial charge in [-0.1, -0.05) is 56.3 Å². The quantitative estimate of drug-likeness (QED) is 0.783. The van der Waals surface area contributed by atoms with Crippen molar-refractivity contribution in [2.24, 2.45) is 0 Å². The average molecular weight is 360 g/mol. The molecular formula is C19H22NO4S-. The van der Waals surface area contributed by atoms with E-state index in [0.29, 0.717) is 11.5 Å². The van der Waals surface area contributed by atoms with Crippen LogP contribution in [0.2, 0.25) is 0 Å². The Kier molecular flexibility index (Phi) is 6.33. The molecule has 134 valence electrons. The molecule has 0 spiro atoms. The Morgan fingerprint density at radius 3 is 2.16 bits per heavy atom. The van der Waals surface area contributed by atoms with Crippen LogP contribution in [-0.2, 0) is 14.8 Å². The van der Waals surface area contributed by atoms with Gasteiger partial charge in [-0.05, 0) is 35.6 Å². The summed E-state index contributed by atoms with van der Waals surface area (Å²) in [5.41, 5.74) is 1.64. The van der Waals surface area contributed by atoms with E-state index in [0.717, 1.165) is 12.0 Å². The van der Waals surface area contributed by atoms with E-state index in [1.165, 1.54) is 0 Å². The minimum Gasteiger partial charge on any atom is -0.550 e. The molecule has 2 rings (SSSR count). The fourth-order valence-electron chi connectivity index (χ4n) is 2.55. The van der Waals surface area contributed by atoms with Gasteiger partial charge in [-0.15, -0.1) is 0 Å². The maximum Gasteiger partial charge on any atom is 0.241 e. The van der Waals surface area contributed by atoms with Crippen molar-refractivity contribution in [1.82, 2.24) is 4.72 Å². The van der Waals surface area contributed by atoms with Crippen molar-refractivity contribution in [1.29, 1.82) is 0 Å². The fraction of sp³-hybridized carbons (Fsp3) is 0.316. The van der Waals surface area contributed by atoms with Crippen LogP contribution in [0.15, 0.2) is 59.5 Å². The minimum atomic E-state index is -3.84. The summed E-state index contributed by atoms with van der Waals surface area (Å²) < 4.78 is 27.7. The zero-order chi connectivity index (χ0) is 18.4. The molecule has 0 fully saturated rings. The number of nitrogens with one attached hydrogen (secondary N) is 1. The van der Waals surface area contributed by atoms with E-state index < -0.39 is 28.5 Å². The van der Waals surface area contributed by atoms with E-state index in [2.05, 4.69) is 18.6 Å². The number of benzene rings is 2. The SMILES string of the molecule is CCC(C)c1ccc(S(=O)(=O)NC(CC(=O)[O-])c2ccccc2)cc1. The molecule has 2 aromatic carbocycles. The summed E-state index contributed by atoms with van der Waals surface area (Å²) in [6.45, 7) is 4.15. The molecule has 0 radical (unpaired) electrons. The standard InChI is InChI=1S/C19H23NO4S/c1-3-14(2)15-9-11-17(12-10-15)25(23,24)20-18(13-19(21)22)16-7-5-4-6-8-16/h4-12,14,18,20H,3,13H2,1-2H3,(H,21,22)/p-1. The molecular weight excluding hydrogens is 338 g/mol. The van der Waals surface area contributed by atoms with Gasteiger partial charge in [-0.25, -0.2) is 13.1 Å². The van der Waals surface area contributed by atoms with E-state index in [4.69, 9.17) is 0 Å². The van der Waals surface area contributed by atoms with Gasteiger partial charge in [0.2, 0.25) is 10.0 Å². The molecule has 0 saturated carbocycles. The lowest BCUT2D eigenvalue weighted by atomic mass is 9.99. The molecule has 0 amide bonds. The van der Waals surface area contributed by atoms with E-state index in [9.17, 15) is 18.3 Å². The van der Waals surface area contributed by atoms with E-state index in [-0.39, 0.29) is 4.90 Å². The van der Waals surface area contributed by atoms with Crippen LogP contribution in [0.1, 0.15) is 49.8 Å². The third-order valence-corrected chi connectivity index (χ3v) is 5.73. The lowest BCUT2D eigenvalue weighted by Crippen LogP contribution is -2.34. The molecule has 2 atom stereocenters. The van der Waals surface area contributed by atoms with Crippen molar-refractivity contribution in [2.45, 2.75) is 43.5 Å². The van der Waals surface area contributed by atoms with Gasteiger partial charge in [0.1, 0.15) is 0 Å². The van der Waals surface area contributed by atoms with Crippen molar-refractivity contribution >= 4 is 16.0 Å². The Labute approximate surface area is 148 Å². The fourth-order valence-corrected chi connectivity index (χ4v) is 3.77. The topological polar surface area (TPSA) is 86.3 Å². The molecule has 2 unspecified atom stereocenters. The molecule has 2 aromatic rings. The highest BCUT2D eigenvalue weighted by atomic mass is 32.2. The third kappa shape index (κ3) is 5.14. The number of hydrogen-bond donors (Lipinski definition) is 1. The Morgan fingerprint density at radius 2 is 1.64 bits per heavy atom. The number of carboxylic acids is 1. The van der Waals surface area contributed by atoms with Crippen LogP contribution in [-0.4, -0.2) is 14.4 Å². The Balaban J connectivity index is 2.26. The predicted molar refractivity (Wildman–Crippen MR) is 94.3 cm³/mol. The number of rotatable bonds is 8. The zero-order valence-corrected chi connectivity index (χ0v) is 15.1. The van der Waals surface area contributed by atoms with Gasteiger partial charge in [-0.3, -0.25) is 0 Å². The summed E-state index contributed by atoms with van der Waals surface area (Å²) in [5.74, 6) is -0.969. The molecule has 1 N–H and O–H groups in total. The third-order valence-electron chi connectivity index (χ3n) is 4.24. The first kappa shape index (κ1) is 19.1. The molecule has 25 heavy (non-hydrogen) atoms. The number of hydrogen-bond acceptors (Lipinski definition) is 4. The van der Waals surface area contributed by atoms with Crippen molar-refractivity contribution in [3.63, 3.8) is 0 Å². The van der Waals surface area contributed by atoms with Crippen LogP contribution in [0.25, 0.3) is 0 Å². The Hall–Kier alpha value is -2.18. The van der Waals surface area contributed by atoms with Crippen molar-refractivity contribution in [3.8, 4) is 0 Å². The van der Waals surface area contributed by atoms with Crippen LogP contribution in [0.3, 0.4) is 0 Å². The molecule has 0 saturated heterocycles. The maximum absolute atomic E-state index is 12.6. The van der Waals surface area contributed by atoms with E-state index in [1.807, 2.05) is 0 Å². The normalized spacial score (nSPS) is 14.0. The summed E-state index contributed by atoms with van der Waals surface area (Å²) in [4.78, 5) is 11.1. The number of carbonyl (C=O) groups excluding carboxylic acids is 1. The summed E-state index contributed by atoms with van der Waals surface area (Å²) in [5, 5.41) is 11.0. The van der Waals surface area contributed by atoms with Crippen LogP contribution >= 0.6 is 0 Å². The smallest absolute Gasteiger partial charge is 0.241 e. The maximum atomic E-state index is 12.6. The lowest BCUT2D eigenvalue weighted by molar-refractivity contribution is -0.306. The molecule has 0 aliphatic carbocycles. The molecule has 5 nitrogen and oxygen atoms in total. The summed E-state index contributed by atoms with van der Waals surface area (Å²) in [6.07, 6.45) is 0.528. The summed E-state index contributed by atoms with van der Waals surface area (Å²) >= 11 is 0. The van der Waals surface area contributed by atoms with Crippen LogP contribution in [0, 0.1) is 0 Å². The Bertz CT molecular complexity index is 801. The number of carboxylic acid groups (broad SMARTS) is 1. The van der Waals surface area contributed by atoms with Crippen molar-refractivity contribution < 1.29 is 18.3 Å². The molecule has 0 aliphatic heterocycles. The summed E-state index contributed by atoms with van der Waals surface area (Å²) in [6, 6.07) is 14.4.